The van der Waals surface area contributed by atoms with Crippen molar-refractivity contribution in [1.82, 2.24) is 0 Å². The van der Waals surface area contributed by atoms with Gasteiger partial charge in [-0.05, 0) is 4.48 Å². The van der Waals surface area contributed by atoms with Crippen molar-refractivity contribution in [2.24, 2.45) is 0 Å². The standard InChI is InChI=1S/CH2F3N/c2-1(3)5-4/h1,5H/p+1. The van der Waals surface area contributed by atoms with Gasteiger partial charge in [-0.3, -0.25) is 0 Å². The summed E-state index contributed by atoms with van der Waals surface area (Å²) in [4.78, 5) is 0. The second-order valence-electron chi connectivity index (χ2n) is 0.460. The summed E-state index contributed by atoms with van der Waals surface area (Å²) in [6.45, 7) is -2.91. The van der Waals surface area contributed by atoms with E-state index in [1.54, 1.807) is 0 Å². The van der Waals surface area contributed by atoms with Crippen LogP contribution in [-0.4, -0.2) is 6.55 Å². The quantitative estimate of drug-likeness (QED) is 0.332. The van der Waals surface area contributed by atoms with Crippen LogP contribution in [0.25, 0.3) is 0 Å². The van der Waals surface area contributed by atoms with E-state index in [0.717, 1.165) is 0 Å². The topological polar surface area (TPSA) is 16.6 Å². The molecule has 5 heavy (non-hydrogen) atoms. The van der Waals surface area contributed by atoms with Crippen LogP contribution < -0.4 is 5.54 Å². The van der Waals surface area contributed by atoms with E-state index in [9.17, 15) is 13.3 Å². The van der Waals surface area contributed by atoms with Gasteiger partial charge in [0.05, 0.1) is 0 Å². The molecule has 0 spiro atoms. The number of nitrogens with two attached hydrogens (primary N) is 1. The maximum Gasteiger partial charge on any atom is 0.412 e. The fraction of sp³-hybridized carbons (Fsp3) is 1.00. The molecule has 0 amide bonds. The van der Waals surface area contributed by atoms with Crippen molar-refractivity contribution in [2.75, 3.05) is 0 Å². The lowest BCUT2D eigenvalue weighted by Gasteiger charge is -1.75. The summed E-state index contributed by atoms with van der Waals surface area (Å²) in [6.07, 6.45) is 0. The number of hydrogen-bond acceptors (Lipinski definition) is 0. The highest BCUT2D eigenvalue weighted by atomic mass is 19.3. The molecule has 0 aromatic rings. The molecule has 0 aromatic heterocycles. The minimum atomic E-state index is -2.91. The number of alkyl halides is 2. The van der Waals surface area contributed by atoms with Crippen LogP contribution in [0.3, 0.4) is 0 Å². The van der Waals surface area contributed by atoms with Crippen molar-refractivity contribution in [1.29, 1.82) is 0 Å². The molecule has 2 N–H and O–H groups in total. The Balaban J connectivity index is 2.54. The fourth-order valence-electron chi connectivity index (χ4n) is 0. The van der Waals surface area contributed by atoms with E-state index >= 15 is 0 Å². The summed E-state index contributed by atoms with van der Waals surface area (Å²) in [7, 11) is 0. The minimum absolute atomic E-state index is 0.667. The molecule has 0 radical (unpaired) electrons. The summed E-state index contributed by atoms with van der Waals surface area (Å²) >= 11 is 0. The summed E-state index contributed by atoms with van der Waals surface area (Å²) in [6, 6.07) is 0. The van der Waals surface area contributed by atoms with Gasteiger partial charge in [0.1, 0.15) is 0 Å². The Morgan fingerprint density at radius 2 is 1.60 bits per heavy atom. The van der Waals surface area contributed by atoms with Crippen LogP contribution in [0.15, 0.2) is 0 Å². The average Bonchev–Trinajstić information content (AvgIpc) is 1.38. The predicted molar refractivity (Wildman–Crippen MR) is 9.04 cm³/mol. The van der Waals surface area contributed by atoms with Crippen LogP contribution in [0, 0.1) is 0 Å². The molecule has 0 rings (SSSR count). The molecule has 0 aliphatic carbocycles. The van der Waals surface area contributed by atoms with E-state index in [1.807, 2.05) is 0 Å². The van der Waals surface area contributed by atoms with E-state index in [2.05, 4.69) is 0 Å². The minimum Gasteiger partial charge on any atom is -0.148 e. The summed E-state index contributed by atoms with van der Waals surface area (Å²) in [5.74, 6) is 0. The van der Waals surface area contributed by atoms with Crippen LogP contribution in [-0.2, 0) is 0 Å². The zero-order valence-electron chi connectivity index (χ0n) is 2.29. The van der Waals surface area contributed by atoms with Gasteiger partial charge in [0.2, 0.25) is 0 Å². The van der Waals surface area contributed by atoms with Gasteiger partial charge in [-0.2, -0.15) is 0 Å². The second kappa shape index (κ2) is 2.02. The van der Waals surface area contributed by atoms with E-state index in [0.29, 0.717) is 0 Å². The molecule has 32 valence electrons. The molecule has 0 aromatic carbocycles. The predicted octanol–water partition coefficient (Wildman–Crippen LogP) is -0.343. The molecule has 0 bridgehead atoms. The second-order valence-corrected chi connectivity index (χ2v) is 0.460. The van der Waals surface area contributed by atoms with Gasteiger partial charge in [-0.25, -0.2) is 0 Å². The Kier molecular flexibility index (Phi) is 1.92. The monoisotopic (exact) mass is 86.0 g/mol. The zero-order valence-corrected chi connectivity index (χ0v) is 2.29. The largest absolute Gasteiger partial charge is 0.412 e. The Morgan fingerprint density at radius 1 is 1.40 bits per heavy atom. The van der Waals surface area contributed by atoms with Crippen LogP contribution in [0.1, 0.15) is 0 Å². The number of hydrogen-bond donors (Lipinski definition) is 1. The van der Waals surface area contributed by atoms with Crippen LogP contribution >= 0.6 is 0 Å². The molecular formula is CH3F3N+. The average molecular weight is 86.0 g/mol. The smallest absolute Gasteiger partial charge is 0.148 e. The van der Waals surface area contributed by atoms with Gasteiger partial charge in [0, 0.05) is 0 Å². The fourth-order valence-corrected chi connectivity index (χ4v) is 0. The van der Waals surface area contributed by atoms with E-state index in [4.69, 9.17) is 0 Å². The molecule has 0 saturated carbocycles. The van der Waals surface area contributed by atoms with Crippen LogP contribution in [0.4, 0.5) is 13.3 Å². The third kappa shape index (κ3) is 3.75. The molecule has 0 saturated heterocycles. The molecule has 0 aliphatic rings. The first-order valence-electron chi connectivity index (χ1n) is 0.988. The Hall–Kier alpha value is -0.250. The van der Waals surface area contributed by atoms with E-state index in [1.165, 1.54) is 0 Å². The maximum absolute atomic E-state index is 10.3. The molecule has 4 heteroatoms. The van der Waals surface area contributed by atoms with Gasteiger partial charge in [-0.15, -0.1) is 8.78 Å². The van der Waals surface area contributed by atoms with Crippen molar-refractivity contribution in [2.45, 2.75) is 6.55 Å². The molecule has 0 atom stereocenters. The van der Waals surface area contributed by atoms with Crippen molar-refractivity contribution in [3.8, 4) is 0 Å². The first-order valence-corrected chi connectivity index (χ1v) is 0.988. The lowest BCUT2D eigenvalue weighted by molar-refractivity contribution is -0.884. The van der Waals surface area contributed by atoms with Crippen LogP contribution in [0.5, 0.6) is 0 Å². The normalized spacial score (nSPS) is 9.60. The molecule has 1 nitrogen and oxygen atoms in total. The Labute approximate surface area is 26.7 Å². The molecule has 0 fully saturated rings. The number of quaternary nitrogens is 1. The highest BCUT2D eigenvalue weighted by Gasteiger charge is 1.99. The summed E-state index contributed by atoms with van der Waals surface area (Å²) in [5.41, 5.74) is -0.667. The third-order valence-electron chi connectivity index (χ3n) is 0.0952. The zero-order chi connectivity index (χ0) is 4.28. The first-order chi connectivity index (χ1) is 2.27. The highest BCUT2D eigenvalue weighted by molar-refractivity contribution is 3.78. The SMILES string of the molecule is F[NH2+]C(F)F. The van der Waals surface area contributed by atoms with Gasteiger partial charge in [0.25, 0.3) is 0 Å². The molecular weight excluding hydrogens is 83.0 g/mol. The highest BCUT2D eigenvalue weighted by Crippen LogP contribution is 1.70. The van der Waals surface area contributed by atoms with Crippen molar-refractivity contribution in [3.63, 3.8) is 0 Å². The van der Waals surface area contributed by atoms with Crippen molar-refractivity contribution in [3.05, 3.63) is 0 Å². The Morgan fingerprint density at radius 3 is 1.60 bits per heavy atom. The van der Waals surface area contributed by atoms with Crippen molar-refractivity contribution < 1.29 is 18.8 Å². The van der Waals surface area contributed by atoms with Crippen molar-refractivity contribution >= 4 is 0 Å². The third-order valence-corrected chi connectivity index (χ3v) is 0.0952. The molecule has 0 unspecified atom stereocenters. The van der Waals surface area contributed by atoms with E-state index in [-0.39, 0.29) is 0 Å². The lowest BCUT2D eigenvalue weighted by atomic mass is 11.4. The van der Waals surface area contributed by atoms with Gasteiger partial charge in [-0.1, -0.05) is 5.54 Å². The number of rotatable bonds is 1. The van der Waals surface area contributed by atoms with Gasteiger partial charge >= 0.3 is 6.55 Å². The van der Waals surface area contributed by atoms with E-state index < -0.39 is 12.1 Å². The summed E-state index contributed by atoms with van der Waals surface area (Å²) < 4.78 is 30.9. The maximum atomic E-state index is 10.3. The lowest BCUT2D eigenvalue weighted by Crippen LogP contribution is -2.78. The molecule has 0 aliphatic heterocycles. The first kappa shape index (κ1) is 4.75. The van der Waals surface area contributed by atoms with Gasteiger partial charge < -0.3 is 0 Å². The van der Waals surface area contributed by atoms with Gasteiger partial charge in [0.15, 0.2) is 0 Å². The Bertz CT molecular complexity index is 20.9. The van der Waals surface area contributed by atoms with Crippen LogP contribution in [0.2, 0.25) is 0 Å². The summed E-state index contributed by atoms with van der Waals surface area (Å²) in [5, 5.41) is 0. The number of halogens is 3. The molecule has 0 heterocycles.